The minimum atomic E-state index is -1.01. The quantitative estimate of drug-likeness (QED) is 0.867. The van der Waals surface area contributed by atoms with Crippen molar-refractivity contribution in [2.45, 2.75) is 31.2 Å². The van der Waals surface area contributed by atoms with Gasteiger partial charge in [-0.3, -0.25) is 4.21 Å². The van der Waals surface area contributed by atoms with Gasteiger partial charge in [-0.15, -0.1) is 0 Å². The third-order valence-corrected chi connectivity index (χ3v) is 4.50. The highest BCUT2D eigenvalue weighted by atomic mass is 32.2. The van der Waals surface area contributed by atoms with Gasteiger partial charge < -0.3 is 14.8 Å². The molecule has 0 saturated carbocycles. The van der Waals surface area contributed by atoms with Crippen LogP contribution in [0.1, 0.15) is 20.3 Å². The molecule has 2 unspecified atom stereocenters. The fraction of sp³-hybridized carbons (Fsp3) is 0.571. The molecule has 1 aliphatic rings. The van der Waals surface area contributed by atoms with E-state index in [1.807, 2.05) is 18.2 Å². The van der Waals surface area contributed by atoms with E-state index >= 15 is 0 Å². The van der Waals surface area contributed by atoms with E-state index < -0.39 is 10.8 Å². The van der Waals surface area contributed by atoms with Gasteiger partial charge in [0.05, 0.1) is 10.8 Å². The number of rotatable bonds is 6. The second kappa shape index (κ2) is 6.91. The van der Waals surface area contributed by atoms with E-state index in [0.717, 1.165) is 23.6 Å². The Bertz CT molecular complexity index is 450. The first-order valence-corrected chi connectivity index (χ1v) is 8.04. The summed E-state index contributed by atoms with van der Waals surface area (Å²) in [6.45, 7) is 6.27. The highest BCUT2D eigenvalue weighted by Crippen LogP contribution is 2.31. The van der Waals surface area contributed by atoms with Gasteiger partial charge in [-0.25, -0.2) is 0 Å². The summed E-state index contributed by atoms with van der Waals surface area (Å²) in [6.07, 6.45) is 1.08. The molecule has 0 aromatic heterocycles. The summed E-state index contributed by atoms with van der Waals surface area (Å²) in [6, 6.07) is 5.77. The normalized spacial score (nSPS) is 16.9. The molecule has 1 aromatic rings. The van der Waals surface area contributed by atoms with Gasteiger partial charge in [0.25, 0.3) is 0 Å². The van der Waals surface area contributed by atoms with Gasteiger partial charge >= 0.3 is 0 Å². The van der Waals surface area contributed by atoms with Crippen molar-refractivity contribution in [3.63, 3.8) is 0 Å². The van der Waals surface area contributed by atoms with Gasteiger partial charge in [-0.1, -0.05) is 6.92 Å². The molecule has 1 aliphatic heterocycles. The molecule has 0 spiro atoms. The SMILES string of the molecule is CCCNC(C)CS(=O)c1ccc2c(c1)OCCO2. The molecule has 1 N–H and O–H groups in total. The Hall–Kier alpha value is -1.07. The Morgan fingerprint density at radius 1 is 1.32 bits per heavy atom. The van der Waals surface area contributed by atoms with Crippen LogP contribution in [0.3, 0.4) is 0 Å². The molecule has 106 valence electrons. The van der Waals surface area contributed by atoms with Crippen LogP contribution < -0.4 is 14.8 Å². The maximum atomic E-state index is 12.3. The van der Waals surface area contributed by atoms with Crippen molar-refractivity contribution in [1.29, 1.82) is 0 Å². The highest BCUT2D eigenvalue weighted by molar-refractivity contribution is 7.85. The lowest BCUT2D eigenvalue weighted by molar-refractivity contribution is 0.171. The van der Waals surface area contributed by atoms with E-state index in [9.17, 15) is 4.21 Å². The van der Waals surface area contributed by atoms with Crippen molar-refractivity contribution in [3.05, 3.63) is 18.2 Å². The standard InChI is InChI=1S/C14H21NO3S/c1-3-6-15-11(2)10-19(16)12-4-5-13-14(9-12)18-8-7-17-13/h4-5,9,11,15H,3,6-8,10H2,1-2H3. The van der Waals surface area contributed by atoms with Crippen molar-refractivity contribution < 1.29 is 13.7 Å². The van der Waals surface area contributed by atoms with Gasteiger partial charge in [0.2, 0.25) is 0 Å². The minimum absolute atomic E-state index is 0.244. The molecule has 0 radical (unpaired) electrons. The zero-order valence-electron chi connectivity index (χ0n) is 11.5. The first-order chi connectivity index (χ1) is 9.20. The van der Waals surface area contributed by atoms with Gasteiger partial charge in [0, 0.05) is 22.8 Å². The summed E-state index contributed by atoms with van der Waals surface area (Å²) in [4.78, 5) is 0.800. The Kier molecular flexibility index (Phi) is 5.22. The molecule has 1 heterocycles. The van der Waals surface area contributed by atoms with Crippen LogP contribution in [0.2, 0.25) is 0 Å². The molecule has 2 atom stereocenters. The van der Waals surface area contributed by atoms with Crippen molar-refractivity contribution in [2.24, 2.45) is 0 Å². The van der Waals surface area contributed by atoms with E-state index in [1.165, 1.54) is 0 Å². The molecular weight excluding hydrogens is 262 g/mol. The highest BCUT2D eigenvalue weighted by Gasteiger charge is 2.15. The summed E-state index contributed by atoms with van der Waals surface area (Å²) in [5.74, 6) is 2.05. The van der Waals surface area contributed by atoms with Gasteiger partial charge in [0.1, 0.15) is 13.2 Å². The van der Waals surface area contributed by atoms with Crippen LogP contribution in [0.4, 0.5) is 0 Å². The van der Waals surface area contributed by atoms with Crippen LogP contribution >= 0.6 is 0 Å². The lowest BCUT2D eigenvalue weighted by Crippen LogP contribution is -2.31. The zero-order chi connectivity index (χ0) is 13.7. The predicted octanol–water partition coefficient (Wildman–Crippen LogP) is 1.95. The molecule has 19 heavy (non-hydrogen) atoms. The summed E-state index contributed by atoms with van der Waals surface area (Å²) in [7, 11) is -1.01. The molecule has 0 aliphatic carbocycles. The number of ether oxygens (including phenoxy) is 2. The van der Waals surface area contributed by atoms with Crippen LogP contribution in [-0.4, -0.2) is 35.8 Å². The van der Waals surface area contributed by atoms with Gasteiger partial charge in [-0.2, -0.15) is 0 Å². The Morgan fingerprint density at radius 3 is 2.79 bits per heavy atom. The topological polar surface area (TPSA) is 47.6 Å². The van der Waals surface area contributed by atoms with E-state index in [0.29, 0.717) is 24.7 Å². The number of hydrogen-bond acceptors (Lipinski definition) is 4. The van der Waals surface area contributed by atoms with E-state index in [4.69, 9.17) is 9.47 Å². The maximum absolute atomic E-state index is 12.3. The Labute approximate surface area is 116 Å². The summed E-state index contributed by atoms with van der Waals surface area (Å²) in [5, 5.41) is 3.35. The Balaban J connectivity index is 1.99. The van der Waals surface area contributed by atoms with Crippen molar-refractivity contribution in [2.75, 3.05) is 25.5 Å². The van der Waals surface area contributed by atoms with E-state index in [-0.39, 0.29) is 6.04 Å². The van der Waals surface area contributed by atoms with Crippen LogP contribution in [0.15, 0.2) is 23.1 Å². The fourth-order valence-corrected chi connectivity index (χ4v) is 3.16. The second-order valence-electron chi connectivity index (χ2n) is 4.67. The average Bonchev–Trinajstić information content (AvgIpc) is 2.44. The number of hydrogen-bond donors (Lipinski definition) is 1. The third kappa shape index (κ3) is 3.94. The van der Waals surface area contributed by atoms with Gasteiger partial charge in [-0.05, 0) is 32.0 Å². The maximum Gasteiger partial charge on any atom is 0.162 e. The van der Waals surface area contributed by atoms with Crippen molar-refractivity contribution >= 4 is 10.8 Å². The molecule has 0 amide bonds. The minimum Gasteiger partial charge on any atom is -0.486 e. The third-order valence-electron chi connectivity index (χ3n) is 2.92. The lowest BCUT2D eigenvalue weighted by atomic mass is 10.3. The monoisotopic (exact) mass is 283 g/mol. The first-order valence-electron chi connectivity index (χ1n) is 6.72. The Morgan fingerprint density at radius 2 is 2.05 bits per heavy atom. The molecule has 1 aromatic carbocycles. The predicted molar refractivity (Wildman–Crippen MR) is 76.5 cm³/mol. The van der Waals surface area contributed by atoms with Crippen LogP contribution in [-0.2, 0) is 10.8 Å². The molecule has 0 saturated heterocycles. The molecular formula is C14H21NO3S. The first kappa shape index (κ1) is 14.3. The van der Waals surface area contributed by atoms with E-state index in [2.05, 4.69) is 19.2 Å². The smallest absolute Gasteiger partial charge is 0.162 e. The summed E-state index contributed by atoms with van der Waals surface area (Å²) >= 11 is 0. The zero-order valence-corrected chi connectivity index (χ0v) is 12.3. The van der Waals surface area contributed by atoms with Crippen molar-refractivity contribution in [1.82, 2.24) is 5.32 Å². The largest absolute Gasteiger partial charge is 0.486 e. The number of nitrogens with one attached hydrogen (secondary N) is 1. The van der Waals surface area contributed by atoms with Crippen molar-refractivity contribution in [3.8, 4) is 11.5 Å². The second-order valence-corrected chi connectivity index (χ2v) is 6.17. The number of benzene rings is 1. The molecule has 5 heteroatoms. The average molecular weight is 283 g/mol. The number of fused-ring (bicyclic) bond motifs is 1. The van der Waals surface area contributed by atoms with Crippen LogP contribution in [0.5, 0.6) is 11.5 Å². The fourth-order valence-electron chi connectivity index (χ4n) is 1.94. The summed E-state index contributed by atoms with van der Waals surface area (Å²) < 4.78 is 23.2. The molecule has 4 nitrogen and oxygen atoms in total. The lowest BCUT2D eigenvalue weighted by Gasteiger charge is -2.19. The van der Waals surface area contributed by atoms with Crippen LogP contribution in [0.25, 0.3) is 0 Å². The van der Waals surface area contributed by atoms with Gasteiger partial charge in [0.15, 0.2) is 11.5 Å². The molecule has 2 rings (SSSR count). The van der Waals surface area contributed by atoms with Crippen LogP contribution in [0, 0.1) is 0 Å². The van der Waals surface area contributed by atoms with E-state index in [1.54, 1.807) is 0 Å². The molecule has 0 bridgehead atoms. The molecule has 0 fully saturated rings. The summed E-state index contributed by atoms with van der Waals surface area (Å²) in [5.41, 5.74) is 0.